The largest absolute Gasteiger partial charge is 0.309 e. The predicted octanol–water partition coefficient (Wildman–Crippen LogP) is 3.55. The van der Waals surface area contributed by atoms with Crippen LogP contribution in [0.3, 0.4) is 0 Å². The first kappa shape index (κ1) is 16.0. The summed E-state index contributed by atoms with van der Waals surface area (Å²) in [6.45, 7) is 4.78. The van der Waals surface area contributed by atoms with Crippen molar-refractivity contribution < 1.29 is 4.79 Å². The molecule has 0 saturated carbocycles. The van der Waals surface area contributed by atoms with E-state index in [4.69, 9.17) is 0 Å². The third-order valence-corrected chi connectivity index (χ3v) is 4.67. The number of nitrogens with one attached hydrogen (secondary N) is 1. The SMILES string of the molecule is CC1Cc2ccccc2N(C(=O)c2ccc3c(c2)CNC3)C1.Cl. The van der Waals surface area contributed by atoms with E-state index in [-0.39, 0.29) is 18.3 Å². The van der Waals surface area contributed by atoms with E-state index in [0.29, 0.717) is 5.92 Å². The standard InChI is InChI=1S/C19H20N2O.ClH/c1-13-8-14-4-2-3-5-18(14)21(12-13)19(22)15-6-7-16-10-20-11-17(16)9-15;/h2-7,9,13,20H,8,10-12H2,1H3;1H. The molecule has 23 heavy (non-hydrogen) atoms. The molecule has 0 saturated heterocycles. The highest BCUT2D eigenvalue weighted by Crippen LogP contribution is 2.31. The normalized spacial score (nSPS) is 18.8. The van der Waals surface area contributed by atoms with E-state index in [1.165, 1.54) is 16.7 Å². The summed E-state index contributed by atoms with van der Waals surface area (Å²) in [4.78, 5) is 15.0. The van der Waals surface area contributed by atoms with Gasteiger partial charge >= 0.3 is 0 Å². The van der Waals surface area contributed by atoms with E-state index in [1.54, 1.807) is 0 Å². The van der Waals surface area contributed by atoms with Gasteiger partial charge in [-0.05, 0) is 47.2 Å². The number of nitrogens with zero attached hydrogens (tertiary/aromatic N) is 1. The lowest BCUT2D eigenvalue weighted by atomic mass is 9.93. The molecule has 1 amide bonds. The van der Waals surface area contributed by atoms with Crippen LogP contribution < -0.4 is 10.2 Å². The highest BCUT2D eigenvalue weighted by atomic mass is 35.5. The number of benzene rings is 2. The molecule has 0 aliphatic carbocycles. The highest BCUT2D eigenvalue weighted by molar-refractivity contribution is 6.07. The lowest BCUT2D eigenvalue weighted by Gasteiger charge is -2.33. The number of halogens is 1. The van der Waals surface area contributed by atoms with Crippen LogP contribution in [0.1, 0.15) is 34.0 Å². The Balaban J connectivity index is 0.00000156. The van der Waals surface area contributed by atoms with Gasteiger partial charge in [-0.2, -0.15) is 0 Å². The van der Waals surface area contributed by atoms with E-state index in [2.05, 4.69) is 42.6 Å². The minimum atomic E-state index is 0. The topological polar surface area (TPSA) is 32.3 Å². The molecular weight excluding hydrogens is 308 g/mol. The van der Waals surface area contributed by atoms with Gasteiger partial charge in [-0.15, -0.1) is 12.4 Å². The molecule has 3 nitrogen and oxygen atoms in total. The number of carbonyl (C=O) groups is 1. The Morgan fingerprint density at radius 1 is 1.09 bits per heavy atom. The van der Waals surface area contributed by atoms with Gasteiger partial charge in [-0.25, -0.2) is 0 Å². The smallest absolute Gasteiger partial charge is 0.258 e. The maximum Gasteiger partial charge on any atom is 0.258 e. The van der Waals surface area contributed by atoms with E-state index in [1.807, 2.05) is 17.0 Å². The third kappa shape index (κ3) is 2.87. The van der Waals surface area contributed by atoms with Crippen molar-refractivity contribution >= 4 is 24.0 Å². The van der Waals surface area contributed by atoms with Crippen LogP contribution in [0.25, 0.3) is 0 Å². The summed E-state index contributed by atoms with van der Waals surface area (Å²) < 4.78 is 0. The van der Waals surface area contributed by atoms with Crippen LogP contribution in [0.15, 0.2) is 42.5 Å². The molecule has 4 rings (SSSR count). The zero-order valence-corrected chi connectivity index (χ0v) is 14.0. The number of anilines is 1. The zero-order chi connectivity index (χ0) is 15.1. The second-order valence-corrected chi connectivity index (χ2v) is 6.44. The van der Waals surface area contributed by atoms with Gasteiger partial charge in [-0.1, -0.05) is 31.2 Å². The molecule has 4 heteroatoms. The van der Waals surface area contributed by atoms with Gasteiger partial charge < -0.3 is 10.2 Å². The maximum atomic E-state index is 13.0. The van der Waals surface area contributed by atoms with Crippen molar-refractivity contribution in [2.75, 3.05) is 11.4 Å². The van der Waals surface area contributed by atoms with Crippen LogP contribution in [-0.2, 0) is 19.5 Å². The Labute approximate surface area is 143 Å². The van der Waals surface area contributed by atoms with E-state index < -0.39 is 0 Å². The summed E-state index contributed by atoms with van der Waals surface area (Å²) in [7, 11) is 0. The van der Waals surface area contributed by atoms with Gasteiger partial charge in [0.05, 0.1) is 0 Å². The summed E-state index contributed by atoms with van der Waals surface area (Å²) >= 11 is 0. The second-order valence-electron chi connectivity index (χ2n) is 6.44. The van der Waals surface area contributed by atoms with Gasteiger partial charge in [0.15, 0.2) is 0 Å². The molecule has 2 aliphatic heterocycles. The zero-order valence-electron chi connectivity index (χ0n) is 13.2. The summed E-state index contributed by atoms with van der Waals surface area (Å²) in [5.41, 5.74) is 5.71. The Bertz CT molecular complexity index is 744. The van der Waals surface area contributed by atoms with Crippen molar-refractivity contribution in [3.63, 3.8) is 0 Å². The highest BCUT2D eigenvalue weighted by Gasteiger charge is 2.27. The Hall–Kier alpha value is -1.84. The van der Waals surface area contributed by atoms with Gasteiger partial charge in [0, 0.05) is 30.9 Å². The first-order valence-electron chi connectivity index (χ1n) is 7.94. The van der Waals surface area contributed by atoms with E-state index in [0.717, 1.165) is 37.3 Å². The van der Waals surface area contributed by atoms with Crippen LogP contribution >= 0.6 is 12.4 Å². The Morgan fingerprint density at radius 2 is 1.87 bits per heavy atom. The molecule has 0 bridgehead atoms. The molecule has 1 N–H and O–H groups in total. The number of hydrogen-bond donors (Lipinski definition) is 1. The van der Waals surface area contributed by atoms with Crippen LogP contribution in [0.2, 0.25) is 0 Å². The molecule has 2 aromatic carbocycles. The van der Waals surface area contributed by atoms with Gasteiger partial charge in [0.1, 0.15) is 0 Å². The first-order chi connectivity index (χ1) is 10.7. The maximum absolute atomic E-state index is 13.0. The molecule has 0 aromatic heterocycles. The van der Waals surface area contributed by atoms with Crippen molar-refractivity contribution in [1.82, 2.24) is 5.32 Å². The monoisotopic (exact) mass is 328 g/mol. The van der Waals surface area contributed by atoms with Crippen LogP contribution in [-0.4, -0.2) is 12.5 Å². The average Bonchev–Trinajstić information content (AvgIpc) is 3.00. The molecule has 2 aliphatic rings. The molecular formula is C19H21ClN2O. The van der Waals surface area contributed by atoms with Gasteiger partial charge in [0.2, 0.25) is 0 Å². The van der Waals surface area contributed by atoms with Crippen molar-refractivity contribution in [2.45, 2.75) is 26.4 Å². The summed E-state index contributed by atoms with van der Waals surface area (Å²) in [5, 5.41) is 3.33. The lowest BCUT2D eigenvalue weighted by molar-refractivity contribution is 0.0981. The molecule has 1 atom stereocenters. The third-order valence-electron chi connectivity index (χ3n) is 4.67. The van der Waals surface area contributed by atoms with Crippen LogP contribution in [0.4, 0.5) is 5.69 Å². The molecule has 0 spiro atoms. The van der Waals surface area contributed by atoms with E-state index >= 15 is 0 Å². The fraction of sp³-hybridized carbons (Fsp3) is 0.316. The van der Waals surface area contributed by atoms with Crippen molar-refractivity contribution in [2.24, 2.45) is 5.92 Å². The molecule has 2 heterocycles. The number of fused-ring (bicyclic) bond motifs is 2. The van der Waals surface area contributed by atoms with Gasteiger partial charge in [-0.3, -0.25) is 4.79 Å². The van der Waals surface area contributed by atoms with Crippen LogP contribution in [0, 0.1) is 5.92 Å². The summed E-state index contributed by atoms with van der Waals surface area (Å²) in [5.74, 6) is 0.614. The Morgan fingerprint density at radius 3 is 2.74 bits per heavy atom. The summed E-state index contributed by atoms with van der Waals surface area (Å²) in [6.07, 6.45) is 1.05. The second kappa shape index (κ2) is 6.34. The van der Waals surface area contributed by atoms with Crippen molar-refractivity contribution in [3.05, 3.63) is 64.7 Å². The number of carbonyl (C=O) groups excluding carboxylic acids is 1. The fourth-order valence-electron chi connectivity index (χ4n) is 3.57. The number of rotatable bonds is 1. The average molecular weight is 329 g/mol. The number of hydrogen-bond acceptors (Lipinski definition) is 2. The number of para-hydroxylation sites is 1. The fourth-order valence-corrected chi connectivity index (χ4v) is 3.57. The van der Waals surface area contributed by atoms with Crippen molar-refractivity contribution in [1.29, 1.82) is 0 Å². The molecule has 0 fully saturated rings. The minimum absolute atomic E-state index is 0. The minimum Gasteiger partial charge on any atom is -0.309 e. The van der Waals surface area contributed by atoms with Crippen LogP contribution in [0.5, 0.6) is 0 Å². The van der Waals surface area contributed by atoms with Crippen molar-refractivity contribution in [3.8, 4) is 0 Å². The molecule has 1 unspecified atom stereocenters. The van der Waals surface area contributed by atoms with E-state index in [9.17, 15) is 4.79 Å². The molecule has 2 aromatic rings. The molecule has 120 valence electrons. The first-order valence-corrected chi connectivity index (χ1v) is 7.94. The Kier molecular flexibility index (Phi) is 4.42. The predicted molar refractivity (Wildman–Crippen MR) is 95.2 cm³/mol. The lowest BCUT2D eigenvalue weighted by Crippen LogP contribution is -2.39. The molecule has 0 radical (unpaired) electrons. The quantitative estimate of drug-likeness (QED) is 0.868. The van der Waals surface area contributed by atoms with Gasteiger partial charge in [0.25, 0.3) is 5.91 Å². The summed E-state index contributed by atoms with van der Waals surface area (Å²) in [6, 6.07) is 14.4. The number of amides is 1.